The number of carboxylic acid groups (broad SMARTS) is 1. The Morgan fingerprint density at radius 3 is 2.49 bits per heavy atom. The zero-order valence-corrected chi connectivity index (χ0v) is 24.5. The van der Waals surface area contributed by atoms with Crippen LogP contribution in [-0.2, 0) is 22.4 Å². The first-order valence-corrected chi connectivity index (χ1v) is 14.1. The van der Waals surface area contributed by atoms with E-state index in [1.807, 2.05) is 6.92 Å². The number of aryl methyl sites for hydroxylation is 1. The van der Waals surface area contributed by atoms with Crippen molar-refractivity contribution in [3.8, 4) is 16.9 Å². The van der Waals surface area contributed by atoms with Crippen LogP contribution < -0.4 is 9.64 Å². The summed E-state index contributed by atoms with van der Waals surface area (Å²) < 4.78 is 42.1. The molecule has 2 atom stereocenters. The summed E-state index contributed by atoms with van der Waals surface area (Å²) in [5.74, 6) is -2.08. The molecule has 6 nitrogen and oxygen atoms in total. The van der Waals surface area contributed by atoms with Crippen LogP contribution in [0.4, 0.5) is 14.5 Å². The summed E-state index contributed by atoms with van der Waals surface area (Å²) >= 11 is 5.93. The predicted molar refractivity (Wildman–Crippen MR) is 154 cm³/mol. The number of benzene rings is 3. The van der Waals surface area contributed by atoms with Gasteiger partial charge >= 0.3 is 5.97 Å². The number of anilines is 1. The number of ether oxygens (including phenoxy) is 2. The molecule has 9 heteroatoms. The summed E-state index contributed by atoms with van der Waals surface area (Å²) in [6.07, 6.45) is -0.856. The zero-order valence-electron chi connectivity index (χ0n) is 23.8. The summed E-state index contributed by atoms with van der Waals surface area (Å²) in [4.78, 5) is 14.4. The molecule has 0 spiro atoms. The number of aliphatic carboxylic acids is 1. The Morgan fingerprint density at radius 1 is 1.10 bits per heavy atom. The van der Waals surface area contributed by atoms with E-state index < -0.39 is 35.5 Å². The normalized spacial score (nSPS) is 16.2. The Morgan fingerprint density at radius 2 is 1.83 bits per heavy atom. The highest BCUT2D eigenvalue weighted by Gasteiger charge is 2.37. The van der Waals surface area contributed by atoms with Crippen LogP contribution in [0.1, 0.15) is 72.9 Å². The van der Waals surface area contributed by atoms with Crippen molar-refractivity contribution in [3.63, 3.8) is 0 Å². The van der Waals surface area contributed by atoms with E-state index >= 15 is 4.39 Å². The number of hydrogen-bond acceptors (Lipinski definition) is 5. The highest BCUT2D eigenvalue weighted by Crippen LogP contribution is 2.49. The molecule has 5 rings (SSSR count). The van der Waals surface area contributed by atoms with Gasteiger partial charge in [0.2, 0.25) is 0 Å². The summed E-state index contributed by atoms with van der Waals surface area (Å²) in [7, 11) is 0. The van der Waals surface area contributed by atoms with Gasteiger partial charge in [-0.2, -0.15) is 0 Å². The van der Waals surface area contributed by atoms with Gasteiger partial charge in [0.1, 0.15) is 5.82 Å². The third-order valence-corrected chi connectivity index (χ3v) is 8.00. The van der Waals surface area contributed by atoms with Gasteiger partial charge in [-0.15, -0.1) is 0 Å². The molecule has 0 fully saturated rings. The predicted octanol–water partition coefficient (Wildman–Crippen LogP) is 7.22. The summed E-state index contributed by atoms with van der Waals surface area (Å²) in [5, 5.41) is 21.9. The monoisotopic (exact) mass is 585 g/mol. The van der Waals surface area contributed by atoms with Crippen LogP contribution in [0, 0.1) is 25.5 Å². The van der Waals surface area contributed by atoms with Crippen molar-refractivity contribution in [3.05, 3.63) is 80.4 Å². The zero-order chi connectivity index (χ0) is 29.8. The fourth-order valence-corrected chi connectivity index (χ4v) is 6.16. The maximum Gasteiger partial charge on any atom is 0.337 e. The molecule has 1 unspecified atom stereocenters. The quantitative estimate of drug-likeness (QED) is 0.318. The van der Waals surface area contributed by atoms with Crippen LogP contribution in [0.5, 0.6) is 5.75 Å². The van der Waals surface area contributed by atoms with Crippen molar-refractivity contribution in [1.29, 1.82) is 0 Å². The lowest BCUT2D eigenvalue weighted by molar-refractivity contribution is -0.160. The first-order valence-electron chi connectivity index (χ1n) is 13.7. The third kappa shape index (κ3) is 5.41. The lowest BCUT2D eigenvalue weighted by atomic mass is 9.83. The number of aliphatic hydroxyl groups excluding tert-OH is 1. The summed E-state index contributed by atoms with van der Waals surface area (Å²) in [6, 6.07) is 7.32. The molecule has 0 saturated carbocycles. The number of nitrogens with zero attached hydrogens (tertiary/aromatic N) is 1. The number of hydrogen-bond donors (Lipinski definition) is 2. The molecule has 0 bridgehead atoms. The Hall–Kier alpha value is -3.20. The van der Waals surface area contributed by atoms with Crippen LogP contribution >= 0.6 is 11.6 Å². The maximum absolute atomic E-state index is 15.5. The van der Waals surface area contributed by atoms with E-state index in [1.54, 1.807) is 38.7 Å². The average Bonchev–Trinajstić information content (AvgIpc) is 3.31. The molecule has 218 valence electrons. The Bertz CT molecular complexity index is 1530. The van der Waals surface area contributed by atoms with Gasteiger partial charge in [0, 0.05) is 33.9 Å². The number of carbonyl (C=O) groups is 1. The van der Waals surface area contributed by atoms with Gasteiger partial charge in [-0.25, -0.2) is 13.6 Å². The Balaban J connectivity index is 1.77. The van der Waals surface area contributed by atoms with Gasteiger partial charge in [-0.1, -0.05) is 17.7 Å². The lowest BCUT2D eigenvalue weighted by Crippen LogP contribution is -2.29. The van der Waals surface area contributed by atoms with Crippen molar-refractivity contribution in [2.75, 3.05) is 18.1 Å². The van der Waals surface area contributed by atoms with Crippen molar-refractivity contribution in [1.82, 2.24) is 0 Å². The van der Waals surface area contributed by atoms with Gasteiger partial charge in [-0.3, -0.25) is 0 Å². The molecule has 3 aromatic carbocycles. The minimum Gasteiger partial charge on any atom is -0.490 e. The number of carboxylic acids is 1. The van der Waals surface area contributed by atoms with Crippen LogP contribution in [0.25, 0.3) is 11.1 Å². The standard InChI is InChI=1S/C32H34ClF2NO5/c1-16-13-25-21(10-11-36(25)30(37)20-9-8-18(33)14-23(20)34)27(26(16)29(31(38)39)41-32(3,4)5)22-15-24(35)28-19(17(22)2)7-6-12-40-28/h8-9,13-15,29-30,37H,6-7,10-12H2,1-5H3,(H,38,39)/t29-,30?/m0/s1. The highest BCUT2D eigenvalue weighted by atomic mass is 35.5. The SMILES string of the molecule is Cc1cc2c(c(-c3cc(F)c4c(c3C)CCCO4)c1[C@H](OC(C)(C)C)C(=O)O)CCN2C(O)c1ccc(Cl)cc1F. The van der Waals surface area contributed by atoms with Crippen molar-refractivity contribution >= 4 is 23.3 Å². The van der Waals surface area contributed by atoms with Crippen molar-refractivity contribution < 1.29 is 33.3 Å². The topological polar surface area (TPSA) is 79.2 Å². The van der Waals surface area contributed by atoms with Gasteiger partial charge in [0.25, 0.3) is 0 Å². The lowest BCUT2D eigenvalue weighted by Gasteiger charge is -2.31. The molecule has 0 amide bonds. The summed E-state index contributed by atoms with van der Waals surface area (Å²) in [6.45, 7) is 9.79. The molecule has 2 heterocycles. The second-order valence-corrected chi connectivity index (χ2v) is 12.1. The van der Waals surface area contributed by atoms with Crippen LogP contribution in [-0.4, -0.2) is 34.9 Å². The third-order valence-electron chi connectivity index (χ3n) is 7.77. The van der Waals surface area contributed by atoms with Crippen LogP contribution in [0.2, 0.25) is 5.02 Å². The molecule has 3 aromatic rings. The second kappa shape index (κ2) is 10.9. The molecule has 0 aliphatic carbocycles. The van der Waals surface area contributed by atoms with E-state index in [0.717, 1.165) is 29.2 Å². The van der Waals surface area contributed by atoms with E-state index in [2.05, 4.69) is 0 Å². The van der Waals surface area contributed by atoms with Crippen LogP contribution in [0.15, 0.2) is 30.3 Å². The van der Waals surface area contributed by atoms with E-state index in [9.17, 15) is 19.4 Å². The van der Waals surface area contributed by atoms with E-state index in [0.29, 0.717) is 53.9 Å². The highest BCUT2D eigenvalue weighted by molar-refractivity contribution is 6.30. The van der Waals surface area contributed by atoms with Crippen molar-refractivity contribution in [2.24, 2.45) is 0 Å². The van der Waals surface area contributed by atoms with E-state index in [-0.39, 0.29) is 16.3 Å². The number of rotatable bonds is 6. The molecule has 0 saturated heterocycles. The van der Waals surface area contributed by atoms with Crippen molar-refractivity contribution in [2.45, 2.75) is 71.8 Å². The van der Waals surface area contributed by atoms with E-state index in [1.165, 1.54) is 18.2 Å². The largest absolute Gasteiger partial charge is 0.490 e. The molecule has 2 aliphatic heterocycles. The first kappa shape index (κ1) is 29.3. The molecule has 0 radical (unpaired) electrons. The minimum atomic E-state index is -1.34. The fraction of sp³-hybridized carbons (Fsp3) is 0.406. The average molecular weight is 586 g/mol. The van der Waals surface area contributed by atoms with Gasteiger partial charge in [0.15, 0.2) is 23.9 Å². The molecular formula is C32H34ClF2NO5. The molecule has 2 N–H and O–H groups in total. The molecule has 2 aliphatic rings. The molecular weight excluding hydrogens is 552 g/mol. The molecule has 0 aromatic heterocycles. The maximum atomic E-state index is 15.5. The molecule has 41 heavy (non-hydrogen) atoms. The number of halogens is 3. The number of fused-ring (bicyclic) bond motifs is 2. The van der Waals surface area contributed by atoms with Gasteiger partial charge < -0.3 is 24.6 Å². The van der Waals surface area contributed by atoms with E-state index in [4.69, 9.17) is 21.1 Å². The van der Waals surface area contributed by atoms with Gasteiger partial charge in [-0.05, 0) is 106 Å². The van der Waals surface area contributed by atoms with Gasteiger partial charge in [0.05, 0.1) is 12.2 Å². The van der Waals surface area contributed by atoms with Crippen LogP contribution in [0.3, 0.4) is 0 Å². The smallest absolute Gasteiger partial charge is 0.337 e. The fourth-order valence-electron chi connectivity index (χ4n) is 6.00. The Kier molecular flexibility index (Phi) is 7.78. The second-order valence-electron chi connectivity index (χ2n) is 11.7. The first-order chi connectivity index (χ1) is 19.3. The Labute approximate surface area is 243 Å². The minimum absolute atomic E-state index is 0.0677. The summed E-state index contributed by atoms with van der Waals surface area (Å²) in [5.41, 5.74) is 4.35. The number of aliphatic hydroxyl groups is 1.